The number of hydrogen-bond donors (Lipinski definition) is 1. The van der Waals surface area contributed by atoms with E-state index < -0.39 is 11.5 Å². The van der Waals surface area contributed by atoms with Gasteiger partial charge in [-0.25, -0.2) is 9.36 Å². The maximum Gasteiger partial charge on any atom is 0.293 e. The molecule has 170 valence electrons. The Kier molecular flexibility index (Phi) is 5.87. The Balaban J connectivity index is 1.70. The molecule has 4 aromatic rings. The summed E-state index contributed by atoms with van der Waals surface area (Å²) in [5.41, 5.74) is 4.02. The van der Waals surface area contributed by atoms with Crippen molar-refractivity contribution in [3.63, 3.8) is 0 Å². The quantitative estimate of drug-likeness (QED) is 0.487. The van der Waals surface area contributed by atoms with Crippen molar-refractivity contribution in [3.05, 3.63) is 69.8 Å². The molecule has 0 spiro atoms. The molecule has 0 aliphatic rings. The van der Waals surface area contributed by atoms with E-state index in [2.05, 4.69) is 15.5 Å². The Morgan fingerprint density at radius 2 is 1.82 bits per heavy atom. The van der Waals surface area contributed by atoms with Crippen molar-refractivity contribution in [1.29, 1.82) is 0 Å². The molecule has 2 aromatic carbocycles. The molecule has 0 aliphatic heterocycles. The van der Waals surface area contributed by atoms with Gasteiger partial charge in [0, 0.05) is 11.5 Å². The van der Waals surface area contributed by atoms with Gasteiger partial charge in [0.05, 0.1) is 37.5 Å². The second kappa shape index (κ2) is 8.78. The van der Waals surface area contributed by atoms with Crippen LogP contribution < -0.4 is 20.3 Å². The van der Waals surface area contributed by atoms with Gasteiger partial charge in [0.15, 0.2) is 0 Å². The van der Waals surface area contributed by atoms with E-state index in [1.54, 1.807) is 36.0 Å². The monoisotopic (exact) mass is 447 g/mol. The fourth-order valence-corrected chi connectivity index (χ4v) is 3.62. The zero-order chi connectivity index (χ0) is 23.7. The van der Waals surface area contributed by atoms with Crippen LogP contribution in [0.15, 0.2) is 47.4 Å². The minimum Gasteiger partial charge on any atom is -0.497 e. The number of aromatic nitrogens is 4. The van der Waals surface area contributed by atoms with Gasteiger partial charge in [-0.2, -0.15) is 10.2 Å². The Hall–Kier alpha value is -4.14. The first-order chi connectivity index (χ1) is 15.8. The summed E-state index contributed by atoms with van der Waals surface area (Å²) in [4.78, 5) is 26.1. The Morgan fingerprint density at radius 3 is 2.52 bits per heavy atom. The number of ether oxygens (including phenoxy) is 2. The first-order valence-corrected chi connectivity index (χ1v) is 10.4. The average Bonchev–Trinajstić information content (AvgIpc) is 3.25. The number of anilines is 1. The third-order valence-corrected chi connectivity index (χ3v) is 5.58. The highest BCUT2D eigenvalue weighted by atomic mass is 16.5. The molecule has 0 atom stereocenters. The molecule has 0 unspecified atom stereocenters. The Labute approximate surface area is 190 Å². The van der Waals surface area contributed by atoms with Crippen LogP contribution >= 0.6 is 0 Å². The van der Waals surface area contributed by atoms with Gasteiger partial charge in [0.25, 0.3) is 5.56 Å². The van der Waals surface area contributed by atoms with Crippen LogP contribution in [0.25, 0.3) is 16.6 Å². The van der Waals surface area contributed by atoms with E-state index in [-0.39, 0.29) is 6.54 Å². The van der Waals surface area contributed by atoms with E-state index >= 15 is 0 Å². The van der Waals surface area contributed by atoms with Crippen LogP contribution in [-0.2, 0) is 11.3 Å². The topological polar surface area (TPSA) is 100 Å². The summed E-state index contributed by atoms with van der Waals surface area (Å²) in [7, 11) is 3.04. The maximum absolute atomic E-state index is 13.3. The summed E-state index contributed by atoms with van der Waals surface area (Å²) in [5.74, 6) is 0.618. The van der Waals surface area contributed by atoms with Gasteiger partial charge >= 0.3 is 0 Å². The van der Waals surface area contributed by atoms with Crippen molar-refractivity contribution < 1.29 is 14.3 Å². The van der Waals surface area contributed by atoms with Gasteiger partial charge in [-0.05, 0) is 56.2 Å². The lowest BCUT2D eigenvalue weighted by atomic mass is 10.1. The minimum absolute atomic E-state index is 0.270. The van der Waals surface area contributed by atoms with Gasteiger partial charge in [-0.15, -0.1) is 0 Å². The van der Waals surface area contributed by atoms with Gasteiger partial charge in [0.2, 0.25) is 5.91 Å². The summed E-state index contributed by atoms with van der Waals surface area (Å²) < 4.78 is 13.3. The summed E-state index contributed by atoms with van der Waals surface area (Å²) in [6.07, 6.45) is 1.62. The summed E-state index contributed by atoms with van der Waals surface area (Å²) in [6.45, 7) is 5.55. The maximum atomic E-state index is 13.3. The van der Waals surface area contributed by atoms with Crippen molar-refractivity contribution in [2.75, 3.05) is 19.5 Å². The highest BCUT2D eigenvalue weighted by Gasteiger charge is 2.18. The first kappa shape index (κ1) is 22.1. The molecule has 0 saturated carbocycles. The smallest absolute Gasteiger partial charge is 0.293 e. The number of carbonyl (C=O) groups is 1. The lowest BCUT2D eigenvalue weighted by Crippen LogP contribution is -2.31. The third kappa shape index (κ3) is 4.17. The first-order valence-electron chi connectivity index (χ1n) is 10.4. The van der Waals surface area contributed by atoms with Crippen LogP contribution in [-0.4, -0.2) is 39.7 Å². The molecular weight excluding hydrogens is 422 g/mol. The van der Waals surface area contributed by atoms with Crippen LogP contribution in [0.2, 0.25) is 0 Å². The van der Waals surface area contributed by atoms with E-state index in [0.29, 0.717) is 33.8 Å². The lowest BCUT2D eigenvalue weighted by Gasteiger charge is -2.13. The predicted octanol–water partition coefficient (Wildman–Crippen LogP) is 3.16. The number of amides is 1. The van der Waals surface area contributed by atoms with Crippen molar-refractivity contribution in [1.82, 2.24) is 19.6 Å². The number of carbonyl (C=O) groups excluding carboxylic acids is 1. The fourth-order valence-electron chi connectivity index (χ4n) is 3.62. The normalized spacial score (nSPS) is 10.9. The molecule has 0 bridgehead atoms. The molecule has 2 heterocycles. The van der Waals surface area contributed by atoms with Crippen molar-refractivity contribution in [2.45, 2.75) is 27.3 Å². The number of aryl methyl sites for hydroxylation is 3. The molecule has 0 radical (unpaired) electrons. The highest BCUT2D eigenvalue weighted by Crippen LogP contribution is 2.29. The van der Waals surface area contributed by atoms with E-state index in [4.69, 9.17) is 9.47 Å². The van der Waals surface area contributed by atoms with E-state index in [1.165, 1.54) is 14.2 Å². The van der Waals surface area contributed by atoms with Crippen LogP contribution in [0.3, 0.4) is 0 Å². The summed E-state index contributed by atoms with van der Waals surface area (Å²) >= 11 is 0. The molecule has 4 rings (SSSR count). The summed E-state index contributed by atoms with van der Waals surface area (Å²) in [5, 5.41) is 12.2. The zero-order valence-electron chi connectivity index (χ0n) is 19.2. The molecular formula is C24H25N5O4. The molecule has 9 heteroatoms. The van der Waals surface area contributed by atoms with Crippen LogP contribution in [0.5, 0.6) is 11.5 Å². The molecule has 1 amide bonds. The van der Waals surface area contributed by atoms with Gasteiger partial charge in [-0.1, -0.05) is 6.07 Å². The van der Waals surface area contributed by atoms with Crippen LogP contribution in [0.1, 0.15) is 16.8 Å². The van der Waals surface area contributed by atoms with Crippen molar-refractivity contribution >= 4 is 22.5 Å². The molecule has 0 saturated heterocycles. The van der Waals surface area contributed by atoms with Crippen LogP contribution in [0, 0.1) is 20.8 Å². The molecule has 2 aromatic heterocycles. The number of fused-ring (bicyclic) bond motifs is 1. The van der Waals surface area contributed by atoms with Gasteiger partial charge in [0.1, 0.15) is 23.6 Å². The number of nitrogens with zero attached hydrogens (tertiary/aromatic N) is 4. The molecule has 0 fully saturated rings. The predicted molar refractivity (Wildman–Crippen MR) is 126 cm³/mol. The Bertz CT molecular complexity index is 1420. The number of methoxy groups -OCH3 is 2. The second-order valence-electron chi connectivity index (χ2n) is 7.75. The molecule has 0 aliphatic carbocycles. The molecule has 9 nitrogen and oxygen atoms in total. The summed E-state index contributed by atoms with van der Waals surface area (Å²) in [6, 6.07) is 10.9. The number of hydrogen-bond acceptors (Lipinski definition) is 6. The van der Waals surface area contributed by atoms with Crippen molar-refractivity contribution in [3.8, 4) is 17.2 Å². The number of nitrogens with one attached hydrogen (secondary N) is 1. The average molecular weight is 447 g/mol. The number of rotatable bonds is 6. The Morgan fingerprint density at radius 1 is 1.03 bits per heavy atom. The molecule has 33 heavy (non-hydrogen) atoms. The lowest BCUT2D eigenvalue weighted by molar-refractivity contribution is -0.117. The van der Waals surface area contributed by atoms with Gasteiger partial charge in [-0.3, -0.25) is 9.59 Å². The SMILES string of the molecule is COc1ccc(OC)c(NC(=O)Cn2nc(C)c3cnn(-c4ccc(C)c(C)c4)c3c2=O)c1. The van der Waals surface area contributed by atoms with Crippen molar-refractivity contribution in [2.24, 2.45) is 0 Å². The minimum atomic E-state index is -0.424. The number of benzene rings is 2. The van der Waals surface area contributed by atoms with E-state index in [9.17, 15) is 9.59 Å². The standard InChI is InChI=1S/C24H25N5O4/c1-14-6-7-17(10-15(14)2)29-23-19(12-25-29)16(3)27-28(24(23)31)13-22(30)26-20-11-18(32-4)8-9-21(20)33-5/h6-12H,13H2,1-5H3,(H,26,30). The molecule has 1 N–H and O–H groups in total. The van der Waals surface area contributed by atoms with Crippen LogP contribution in [0.4, 0.5) is 5.69 Å². The fraction of sp³-hybridized carbons (Fsp3) is 0.250. The van der Waals surface area contributed by atoms with Gasteiger partial charge < -0.3 is 14.8 Å². The zero-order valence-corrected chi connectivity index (χ0v) is 19.2. The largest absolute Gasteiger partial charge is 0.497 e. The van der Waals surface area contributed by atoms with E-state index in [1.807, 2.05) is 32.0 Å². The van der Waals surface area contributed by atoms with E-state index in [0.717, 1.165) is 21.5 Å². The highest BCUT2D eigenvalue weighted by molar-refractivity contribution is 5.92. The third-order valence-electron chi connectivity index (χ3n) is 5.58. The second-order valence-corrected chi connectivity index (χ2v) is 7.75.